The van der Waals surface area contributed by atoms with Crippen LogP contribution in [0.3, 0.4) is 0 Å². The Kier molecular flexibility index (Phi) is 7.02. The van der Waals surface area contributed by atoms with Crippen LogP contribution in [-0.2, 0) is 4.79 Å². The molecule has 8 nitrogen and oxygen atoms in total. The first-order valence-corrected chi connectivity index (χ1v) is 10.4. The normalized spacial score (nSPS) is 12.5. The summed E-state index contributed by atoms with van der Waals surface area (Å²) in [5, 5.41) is 0. The van der Waals surface area contributed by atoms with E-state index in [9.17, 15) is 19.2 Å². The number of anilines is 1. The summed E-state index contributed by atoms with van der Waals surface area (Å²) in [6.45, 7) is 6.01. The van der Waals surface area contributed by atoms with Crippen molar-refractivity contribution >= 4 is 29.3 Å². The van der Waals surface area contributed by atoms with Gasteiger partial charge in [0.25, 0.3) is 17.7 Å². The predicted molar refractivity (Wildman–Crippen MR) is 117 cm³/mol. The van der Waals surface area contributed by atoms with E-state index in [0.717, 1.165) is 23.7 Å². The Hall–Kier alpha value is -3.68. The predicted octanol–water partition coefficient (Wildman–Crippen LogP) is 2.37. The average molecular weight is 422 g/mol. The zero-order chi connectivity index (χ0) is 22.4. The summed E-state index contributed by atoms with van der Waals surface area (Å²) in [7, 11) is 0. The number of hydrogen-bond donors (Lipinski definition) is 2. The minimum atomic E-state index is -0.417. The van der Waals surface area contributed by atoms with Crippen molar-refractivity contribution in [3.8, 4) is 0 Å². The van der Waals surface area contributed by atoms with Gasteiger partial charge in [0.05, 0.1) is 11.1 Å². The number of benzene rings is 2. The number of carbonyl (C=O) groups is 4. The average Bonchev–Trinajstić information content (AvgIpc) is 3.04. The molecule has 0 radical (unpaired) electrons. The molecule has 0 aromatic heterocycles. The summed E-state index contributed by atoms with van der Waals surface area (Å²) in [4.78, 5) is 52.2. The first kappa shape index (κ1) is 22.0. The maximum Gasteiger partial charge on any atom is 0.269 e. The van der Waals surface area contributed by atoms with E-state index in [-0.39, 0.29) is 24.8 Å². The van der Waals surface area contributed by atoms with E-state index < -0.39 is 11.8 Å². The Morgan fingerprint density at radius 1 is 0.871 bits per heavy atom. The van der Waals surface area contributed by atoms with Crippen LogP contribution in [0.5, 0.6) is 0 Å². The smallest absolute Gasteiger partial charge is 0.269 e. The molecule has 0 bridgehead atoms. The van der Waals surface area contributed by atoms with Crippen LogP contribution in [0.4, 0.5) is 5.69 Å². The SMILES string of the molecule is CCN(CC)c1ccc(C(=O)NNC(=O)CCCN2C(=O)c3ccccc3C2=O)cc1. The third kappa shape index (κ3) is 4.91. The summed E-state index contributed by atoms with van der Waals surface area (Å²) in [5.74, 6) is -1.51. The molecule has 2 N–H and O–H groups in total. The van der Waals surface area contributed by atoms with Crippen molar-refractivity contribution < 1.29 is 19.2 Å². The molecule has 1 heterocycles. The molecule has 0 aliphatic carbocycles. The van der Waals surface area contributed by atoms with Crippen molar-refractivity contribution in [2.75, 3.05) is 24.5 Å². The van der Waals surface area contributed by atoms with Gasteiger partial charge in [0.1, 0.15) is 0 Å². The molecule has 31 heavy (non-hydrogen) atoms. The quantitative estimate of drug-likeness (QED) is 0.503. The van der Waals surface area contributed by atoms with Crippen molar-refractivity contribution in [3.05, 3.63) is 65.2 Å². The molecule has 3 rings (SSSR count). The molecule has 8 heteroatoms. The molecule has 2 aromatic carbocycles. The van der Waals surface area contributed by atoms with Gasteiger partial charge in [0.2, 0.25) is 5.91 Å². The van der Waals surface area contributed by atoms with E-state index >= 15 is 0 Å². The molecular weight excluding hydrogens is 396 g/mol. The van der Waals surface area contributed by atoms with Gasteiger partial charge in [-0.05, 0) is 56.7 Å². The van der Waals surface area contributed by atoms with Gasteiger partial charge in [-0.25, -0.2) is 0 Å². The molecule has 1 aliphatic rings. The molecular formula is C23H26N4O4. The van der Waals surface area contributed by atoms with Crippen LogP contribution in [0.2, 0.25) is 0 Å². The highest BCUT2D eigenvalue weighted by molar-refractivity contribution is 6.21. The molecule has 0 saturated heterocycles. The van der Waals surface area contributed by atoms with Gasteiger partial charge < -0.3 is 4.90 Å². The van der Waals surface area contributed by atoms with Gasteiger partial charge in [-0.3, -0.25) is 34.9 Å². The minimum Gasteiger partial charge on any atom is -0.372 e. The molecule has 4 amide bonds. The number of nitrogens with one attached hydrogen (secondary N) is 2. The number of hydrogen-bond acceptors (Lipinski definition) is 5. The number of hydrazine groups is 1. The second-order valence-electron chi connectivity index (χ2n) is 7.13. The molecule has 2 aromatic rings. The second kappa shape index (κ2) is 9.88. The molecule has 0 unspecified atom stereocenters. The molecule has 1 aliphatic heterocycles. The summed E-state index contributed by atoms with van der Waals surface area (Å²) in [6, 6.07) is 13.8. The zero-order valence-electron chi connectivity index (χ0n) is 17.7. The molecule has 0 spiro atoms. The lowest BCUT2D eigenvalue weighted by atomic mass is 10.1. The topological polar surface area (TPSA) is 98.8 Å². The summed E-state index contributed by atoms with van der Waals surface area (Å²) < 4.78 is 0. The summed E-state index contributed by atoms with van der Waals surface area (Å²) >= 11 is 0. The van der Waals surface area contributed by atoms with E-state index in [1.165, 1.54) is 0 Å². The van der Waals surface area contributed by atoms with Crippen molar-refractivity contribution in [2.45, 2.75) is 26.7 Å². The lowest BCUT2D eigenvalue weighted by Gasteiger charge is -2.21. The number of nitrogens with zero attached hydrogens (tertiary/aromatic N) is 2. The van der Waals surface area contributed by atoms with Crippen LogP contribution in [0.15, 0.2) is 48.5 Å². The second-order valence-corrected chi connectivity index (χ2v) is 7.13. The first-order valence-electron chi connectivity index (χ1n) is 10.4. The van der Waals surface area contributed by atoms with E-state index in [1.807, 2.05) is 12.1 Å². The van der Waals surface area contributed by atoms with Crippen LogP contribution >= 0.6 is 0 Å². The van der Waals surface area contributed by atoms with Gasteiger partial charge >= 0.3 is 0 Å². The highest BCUT2D eigenvalue weighted by Crippen LogP contribution is 2.22. The van der Waals surface area contributed by atoms with Gasteiger partial charge in [0.15, 0.2) is 0 Å². The van der Waals surface area contributed by atoms with Gasteiger partial charge in [-0.15, -0.1) is 0 Å². The van der Waals surface area contributed by atoms with Gasteiger partial charge in [0, 0.05) is 37.3 Å². The monoisotopic (exact) mass is 422 g/mol. The minimum absolute atomic E-state index is 0.0641. The largest absolute Gasteiger partial charge is 0.372 e. The van der Waals surface area contributed by atoms with Crippen molar-refractivity contribution in [2.24, 2.45) is 0 Å². The van der Waals surface area contributed by atoms with E-state index in [2.05, 4.69) is 29.6 Å². The maximum absolute atomic E-state index is 12.3. The maximum atomic E-state index is 12.3. The molecule has 0 fully saturated rings. The Morgan fingerprint density at radius 2 is 1.45 bits per heavy atom. The van der Waals surface area contributed by atoms with Crippen LogP contribution in [0.1, 0.15) is 57.8 Å². The van der Waals surface area contributed by atoms with Crippen LogP contribution in [0, 0.1) is 0 Å². The number of fused-ring (bicyclic) bond motifs is 1. The Bertz CT molecular complexity index is 948. The molecule has 162 valence electrons. The van der Waals surface area contributed by atoms with Crippen molar-refractivity contribution in [3.63, 3.8) is 0 Å². The fourth-order valence-electron chi connectivity index (χ4n) is 3.51. The number of amides is 4. The summed E-state index contributed by atoms with van der Waals surface area (Å²) in [6.07, 6.45) is 0.361. The van der Waals surface area contributed by atoms with Crippen LogP contribution in [-0.4, -0.2) is 48.2 Å². The Morgan fingerprint density at radius 3 is 2.00 bits per heavy atom. The highest BCUT2D eigenvalue weighted by atomic mass is 16.2. The molecule has 0 saturated carbocycles. The van der Waals surface area contributed by atoms with E-state index in [0.29, 0.717) is 23.1 Å². The summed E-state index contributed by atoms with van der Waals surface area (Å²) in [5.41, 5.74) is 6.98. The van der Waals surface area contributed by atoms with Crippen molar-refractivity contribution in [1.82, 2.24) is 15.8 Å². The number of imide groups is 1. The number of carbonyl (C=O) groups excluding carboxylic acids is 4. The molecule has 0 atom stereocenters. The fourth-order valence-corrected chi connectivity index (χ4v) is 3.51. The van der Waals surface area contributed by atoms with E-state index in [4.69, 9.17) is 0 Å². The van der Waals surface area contributed by atoms with Crippen molar-refractivity contribution in [1.29, 1.82) is 0 Å². The first-order chi connectivity index (χ1) is 15.0. The third-order valence-corrected chi connectivity index (χ3v) is 5.24. The Balaban J connectivity index is 1.43. The highest BCUT2D eigenvalue weighted by Gasteiger charge is 2.34. The third-order valence-electron chi connectivity index (χ3n) is 5.24. The van der Waals surface area contributed by atoms with Crippen LogP contribution < -0.4 is 15.8 Å². The lowest BCUT2D eigenvalue weighted by Crippen LogP contribution is -2.42. The lowest BCUT2D eigenvalue weighted by molar-refractivity contribution is -0.122. The van der Waals surface area contributed by atoms with Crippen LogP contribution in [0.25, 0.3) is 0 Å². The Labute approximate surface area is 181 Å². The fraction of sp³-hybridized carbons (Fsp3) is 0.304. The standard InChI is InChI=1S/C23H26N4O4/c1-3-26(4-2)17-13-11-16(12-14-17)21(29)25-24-20(28)10-7-15-27-22(30)18-8-5-6-9-19(18)23(27)31/h5-6,8-9,11-14H,3-4,7,10,15H2,1-2H3,(H,24,28)(H,25,29). The number of rotatable bonds is 8. The van der Waals surface area contributed by atoms with Gasteiger partial charge in [-0.1, -0.05) is 12.1 Å². The van der Waals surface area contributed by atoms with E-state index in [1.54, 1.807) is 36.4 Å². The van der Waals surface area contributed by atoms with Gasteiger partial charge in [-0.2, -0.15) is 0 Å². The zero-order valence-corrected chi connectivity index (χ0v) is 17.7.